The summed E-state index contributed by atoms with van der Waals surface area (Å²) in [5, 5.41) is 5.23. The van der Waals surface area contributed by atoms with Crippen molar-refractivity contribution in [2.75, 3.05) is 31.1 Å². The Morgan fingerprint density at radius 3 is 2.38 bits per heavy atom. The van der Waals surface area contributed by atoms with Crippen molar-refractivity contribution < 1.29 is 22.8 Å². The van der Waals surface area contributed by atoms with Gasteiger partial charge in [0, 0.05) is 37.9 Å². The van der Waals surface area contributed by atoms with Crippen molar-refractivity contribution in [2.45, 2.75) is 50.9 Å². The number of nitrogens with one attached hydrogen (secondary N) is 2. The molecule has 0 aromatic heterocycles. The predicted molar refractivity (Wildman–Crippen MR) is 104 cm³/mol. The maximum atomic E-state index is 12.9. The zero-order valence-electron chi connectivity index (χ0n) is 16.5. The van der Waals surface area contributed by atoms with Gasteiger partial charge in [0.2, 0.25) is 5.91 Å². The smallest absolute Gasteiger partial charge is 0.369 e. The summed E-state index contributed by atoms with van der Waals surface area (Å²) in [6.07, 6.45) is -0.316. The average molecular weight is 412 g/mol. The van der Waals surface area contributed by atoms with Crippen LogP contribution in [-0.4, -0.2) is 55.1 Å². The van der Waals surface area contributed by atoms with E-state index >= 15 is 0 Å². The molecule has 2 aliphatic rings. The number of carbonyl (C=O) groups excluding carboxylic acids is 2. The maximum Gasteiger partial charge on any atom is 0.416 e. The minimum Gasteiger partial charge on any atom is -0.369 e. The summed E-state index contributed by atoms with van der Waals surface area (Å²) in [5.74, 6) is -0.368. The summed E-state index contributed by atoms with van der Waals surface area (Å²) in [7, 11) is 0. The second-order valence-corrected chi connectivity index (χ2v) is 7.69. The lowest BCUT2D eigenvalue weighted by Crippen LogP contribution is -2.56. The number of halogens is 3. The summed E-state index contributed by atoms with van der Waals surface area (Å²) in [5.41, 5.74) is -0.147. The van der Waals surface area contributed by atoms with Crippen molar-refractivity contribution in [1.82, 2.24) is 15.5 Å². The van der Waals surface area contributed by atoms with E-state index in [0.29, 0.717) is 31.9 Å². The van der Waals surface area contributed by atoms with Crippen LogP contribution in [0.4, 0.5) is 23.7 Å². The molecule has 1 atom stereocenters. The van der Waals surface area contributed by atoms with Gasteiger partial charge in [0.15, 0.2) is 0 Å². The van der Waals surface area contributed by atoms with Crippen LogP contribution in [0.5, 0.6) is 0 Å². The Labute approximate surface area is 168 Å². The lowest BCUT2D eigenvalue weighted by atomic mass is 10.1. The zero-order chi connectivity index (χ0) is 21.0. The van der Waals surface area contributed by atoms with Crippen LogP contribution >= 0.6 is 0 Å². The van der Waals surface area contributed by atoms with Crippen LogP contribution in [0.3, 0.4) is 0 Å². The lowest BCUT2D eigenvalue weighted by Gasteiger charge is -2.38. The van der Waals surface area contributed by atoms with Crippen LogP contribution in [0, 0.1) is 0 Å². The van der Waals surface area contributed by atoms with Crippen LogP contribution < -0.4 is 15.5 Å². The molecule has 0 unspecified atom stereocenters. The Balaban J connectivity index is 1.49. The number of hydrogen-bond acceptors (Lipinski definition) is 4. The third-order valence-electron chi connectivity index (χ3n) is 5.71. The Morgan fingerprint density at radius 2 is 1.76 bits per heavy atom. The highest BCUT2D eigenvalue weighted by molar-refractivity contribution is 5.96. The van der Waals surface area contributed by atoms with Gasteiger partial charge in [-0.2, -0.15) is 13.2 Å². The third-order valence-corrected chi connectivity index (χ3v) is 5.71. The predicted octanol–water partition coefficient (Wildman–Crippen LogP) is 2.98. The van der Waals surface area contributed by atoms with Gasteiger partial charge in [-0.3, -0.25) is 15.0 Å². The molecule has 2 N–H and O–H groups in total. The van der Waals surface area contributed by atoms with Crippen LogP contribution in [0.25, 0.3) is 0 Å². The molecule has 3 rings (SSSR count). The normalized spacial score (nSPS) is 19.8. The van der Waals surface area contributed by atoms with Crippen molar-refractivity contribution in [1.29, 1.82) is 0 Å². The fourth-order valence-corrected chi connectivity index (χ4v) is 3.92. The van der Waals surface area contributed by atoms with E-state index in [0.717, 1.165) is 37.8 Å². The molecule has 1 aromatic rings. The molecule has 0 bridgehead atoms. The Kier molecular flexibility index (Phi) is 6.66. The first-order valence-electron chi connectivity index (χ1n) is 10.0. The van der Waals surface area contributed by atoms with Crippen molar-refractivity contribution in [2.24, 2.45) is 0 Å². The molecule has 1 saturated heterocycles. The monoisotopic (exact) mass is 412 g/mol. The number of hydrogen-bond donors (Lipinski definition) is 2. The highest BCUT2D eigenvalue weighted by atomic mass is 19.4. The summed E-state index contributed by atoms with van der Waals surface area (Å²) in [6, 6.07) is 4.46. The molecule has 160 valence electrons. The van der Waals surface area contributed by atoms with Crippen molar-refractivity contribution in [3.05, 3.63) is 29.8 Å². The van der Waals surface area contributed by atoms with E-state index in [1.54, 1.807) is 13.0 Å². The number of nitrogens with zero attached hydrogens (tertiary/aromatic N) is 2. The van der Waals surface area contributed by atoms with Gasteiger partial charge in [-0.05, 0) is 38.0 Å². The van der Waals surface area contributed by atoms with Gasteiger partial charge in [-0.25, -0.2) is 4.79 Å². The van der Waals surface area contributed by atoms with E-state index in [1.807, 2.05) is 9.80 Å². The molecule has 9 heteroatoms. The minimum absolute atomic E-state index is 0.133. The van der Waals surface area contributed by atoms with E-state index in [4.69, 9.17) is 0 Å². The second-order valence-electron chi connectivity index (χ2n) is 7.69. The number of carbonyl (C=O) groups is 2. The number of piperazine rings is 1. The molecule has 1 aliphatic carbocycles. The number of urea groups is 1. The molecule has 0 spiro atoms. The van der Waals surface area contributed by atoms with E-state index in [9.17, 15) is 22.8 Å². The van der Waals surface area contributed by atoms with Crippen LogP contribution in [0.15, 0.2) is 24.3 Å². The van der Waals surface area contributed by atoms with Crippen LogP contribution in [-0.2, 0) is 11.0 Å². The van der Waals surface area contributed by atoms with Crippen LogP contribution in [0.1, 0.15) is 38.2 Å². The van der Waals surface area contributed by atoms with Crippen LogP contribution in [0.2, 0.25) is 0 Å². The largest absolute Gasteiger partial charge is 0.416 e. The summed E-state index contributed by atoms with van der Waals surface area (Å²) in [6.45, 7) is 3.79. The van der Waals surface area contributed by atoms with Gasteiger partial charge in [0.1, 0.15) is 0 Å². The molecular weight excluding hydrogens is 385 g/mol. The summed E-state index contributed by atoms with van der Waals surface area (Å²) < 4.78 is 38.8. The number of anilines is 1. The fourth-order valence-electron chi connectivity index (χ4n) is 3.92. The van der Waals surface area contributed by atoms with E-state index in [-0.39, 0.29) is 11.9 Å². The molecule has 6 nitrogen and oxygen atoms in total. The van der Waals surface area contributed by atoms with Crippen molar-refractivity contribution >= 4 is 17.6 Å². The average Bonchev–Trinajstić information content (AvgIpc) is 3.19. The standard InChI is InChI=1S/C20H27F3N4O2/c1-14(18(28)25-19(29)24-16-6-2-3-7-16)26-9-11-27(12-10-26)17-8-4-5-15(13-17)20(21,22)23/h4-5,8,13-14,16H,2-3,6-7,9-12H2,1H3,(H2,24,25,28,29)/t14-/m1/s1. The first kappa shape index (κ1) is 21.4. The number of rotatable bonds is 4. The number of amides is 3. The van der Waals surface area contributed by atoms with Crippen molar-refractivity contribution in [3.63, 3.8) is 0 Å². The Hall–Kier alpha value is -2.29. The SMILES string of the molecule is C[C@H](C(=O)NC(=O)NC1CCCC1)N1CCN(c2cccc(C(F)(F)F)c2)CC1. The highest BCUT2D eigenvalue weighted by Crippen LogP contribution is 2.32. The number of alkyl halides is 3. The fraction of sp³-hybridized carbons (Fsp3) is 0.600. The van der Waals surface area contributed by atoms with Crippen molar-refractivity contribution in [3.8, 4) is 0 Å². The topological polar surface area (TPSA) is 64.7 Å². The van der Waals surface area contributed by atoms with Gasteiger partial charge in [-0.1, -0.05) is 18.9 Å². The van der Waals surface area contributed by atoms with Gasteiger partial charge >= 0.3 is 12.2 Å². The first-order chi connectivity index (χ1) is 13.7. The second kappa shape index (κ2) is 9.02. The molecule has 3 amide bonds. The molecule has 1 aliphatic heterocycles. The van der Waals surface area contributed by atoms with Gasteiger partial charge < -0.3 is 10.2 Å². The summed E-state index contributed by atoms with van der Waals surface area (Å²) in [4.78, 5) is 28.2. The van der Waals surface area contributed by atoms with E-state index in [2.05, 4.69) is 10.6 Å². The quantitative estimate of drug-likeness (QED) is 0.798. The lowest BCUT2D eigenvalue weighted by molar-refractivity contribution is -0.137. The molecule has 0 radical (unpaired) electrons. The van der Waals surface area contributed by atoms with Gasteiger partial charge in [0.05, 0.1) is 11.6 Å². The molecule has 2 fully saturated rings. The van der Waals surface area contributed by atoms with Gasteiger partial charge in [0.25, 0.3) is 0 Å². The number of imide groups is 1. The van der Waals surface area contributed by atoms with Gasteiger partial charge in [-0.15, -0.1) is 0 Å². The maximum absolute atomic E-state index is 12.9. The third kappa shape index (κ3) is 5.62. The Bertz CT molecular complexity index is 727. The molecule has 1 saturated carbocycles. The first-order valence-corrected chi connectivity index (χ1v) is 10.0. The molecule has 1 aromatic carbocycles. The number of benzene rings is 1. The minimum atomic E-state index is -4.37. The molecule has 29 heavy (non-hydrogen) atoms. The van der Waals surface area contributed by atoms with E-state index < -0.39 is 23.8 Å². The zero-order valence-corrected chi connectivity index (χ0v) is 16.5. The Morgan fingerprint density at radius 1 is 1.10 bits per heavy atom. The van der Waals surface area contributed by atoms with E-state index in [1.165, 1.54) is 6.07 Å². The highest BCUT2D eigenvalue weighted by Gasteiger charge is 2.32. The molecule has 1 heterocycles. The summed E-state index contributed by atoms with van der Waals surface area (Å²) >= 11 is 0. The molecular formula is C20H27F3N4O2.